The summed E-state index contributed by atoms with van der Waals surface area (Å²) in [6.07, 6.45) is 5.47. The first-order valence-corrected chi connectivity index (χ1v) is 5.40. The molecule has 0 aromatic carbocycles. The van der Waals surface area contributed by atoms with Crippen molar-refractivity contribution in [3.63, 3.8) is 0 Å². The van der Waals surface area contributed by atoms with Crippen molar-refractivity contribution in [2.24, 2.45) is 22.8 Å². The van der Waals surface area contributed by atoms with Gasteiger partial charge >= 0.3 is 0 Å². The number of hydrogen-bond donors (Lipinski definition) is 3. The summed E-state index contributed by atoms with van der Waals surface area (Å²) < 4.78 is 0. The van der Waals surface area contributed by atoms with Crippen LogP contribution in [0.2, 0.25) is 0 Å². The van der Waals surface area contributed by atoms with Gasteiger partial charge in [0.05, 0.1) is 6.04 Å². The second-order valence-electron chi connectivity index (χ2n) is 4.78. The summed E-state index contributed by atoms with van der Waals surface area (Å²) in [6, 6.07) is -0.537. The van der Waals surface area contributed by atoms with E-state index in [0.717, 1.165) is 12.5 Å². The Bertz CT molecular complexity index is 234. The molecule has 0 radical (unpaired) electrons. The highest BCUT2D eigenvalue weighted by molar-refractivity contribution is 5.79. The Morgan fingerprint density at radius 1 is 1.50 bits per heavy atom. The van der Waals surface area contributed by atoms with E-state index in [-0.39, 0.29) is 0 Å². The largest absolute Gasteiger partial charge is 0.368 e. The third-order valence-corrected chi connectivity index (χ3v) is 3.54. The van der Waals surface area contributed by atoms with Crippen molar-refractivity contribution >= 4 is 5.91 Å². The average Bonchev–Trinajstić information content (AvgIpc) is 2.98. The van der Waals surface area contributed by atoms with E-state index >= 15 is 0 Å². The third kappa shape index (κ3) is 2.07. The second-order valence-corrected chi connectivity index (χ2v) is 4.78. The molecule has 0 saturated heterocycles. The predicted molar refractivity (Wildman–Crippen MR) is 54.4 cm³/mol. The Morgan fingerprint density at radius 3 is 2.57 bits per heavy atom. The molecule has 0 aliphatic heterocycles. The monoisotopic (exact) mass is 197 g/mol. The molecule has 0 bridgehead atoms. The van der Waals surface area contributed by atoms with Gasteiger partial charge in [0, 0.05) is 13.1 Å². The number of nitrogens with two attached hydrogens (primary N) is 2. The zero-order chi connectivity index (χ0) is 10.2. The number of carbonyl (C=O) groups is 1. The van der Waals surface area contributed by atoms with Gasteiger partial charge in [-0.25, -0.2) is 0 Å². The first-order chi connectivity index (χ1) is 6.64. The maximum Gasteiger partial charge on any atom is 0.235 e. The zero-order valence-corrected chi connectivity index (χ0v) is 8.46. The maximum atomic E-state index is 10.7. The topological polar surface area (TPSA) is 81.1 Å². The summed E-state index contributed by atoms with van der Waals surface area (Å²) >= 11 is 0. The molecule has 0 spiro atoms. The highest BCUT2D eigenvalue weighted by atomic mass is 16.1. The van der Waals surface area contributed by atoms with E-state index in [2.05, 4.69) is 5.32 Å². The summed E-state index contributed by atoms with van der Waals surface area (Å²) in [4.78, 5) is 10.7. The van der Waals surface area contributed by atoms with Gasteiger partial charge in [0.2, 0.25) is 5.91 Å². The molecular formula is C10H19N3O. The highest BCUT2D eigenvalue weighted by Gasteiger charge is 2.53. The molecule has 5 N–H and O–H groups in total. The van der Waals surface area contributed by atoms with E-state index in [1.165, 1.54) is 25.7 Å². The number of carbonyl (C=O) groups excluding carboxylic acids is 1. The number of primary amides is 1. The lowest BCUT2D eigenvalue weighted by Gasteiger charge is -2.16. The van der Waals surface area contributed by atoms with E-state index in [0.29, 0.717) is 12.0 Å². The van der Waals surface area contributed by atoms with Crippen LogP contribution in [0.25, 0.3) is 0 Å². The van der Waals surface area contributed by atoms with Crippen molar-refractivity contribution in [2.45, 2.75) is 31.7 Å². The van der Waals surface area contributed by atoms with E-state index in [9.17, 15) is 4.79 Å². The first-order valence-electron chi connectivity index (χ1n) is 5.40. The molecule has 2 aliphatic carbocycles. The molecule has 2 rings (SSSR count). The SMILES string of the molecule is NC(=O)C(N)CNCC1(C2CC2)CC1. The molecule has 1 atom stereocenters. The van der Waals surface area contributed by atoms with Gasteiger partial charge < -0.3 is 16.8 Å². The molecule has 1 unspecified atom stereocenters. The molecule has 1 amide bonds. The fourth-order valence-corrected chi connectivity index (χ4v) is 2.16. The lowest BCUT2D eigenvalue weighted by molar-refractivity contribution is -0.119. The molecular weight excluding hydrogens is 178 g/mol. The number of rotatable bonds is 6. The van der Waals surface area contributed by atoms with Crippen molar-refractivity contribution < 1.29 is 4.79 Å². The molecule has 4 heteroatoms. The molecule has 4 nitrogen and oxygen atoms in total. The molecule has 2 saturated carbocycles. The van der Waals surface area contributed by atoms with Crippen LogP contribution in [0.4, 0.5) is 0 Å². The number of nitrogens with one attached hydrogen (secondary N) is 1. The van der Waals surface area contributed by atoms with Crippen LogP contribution < -0.4 is 16.8 Å². The Morgan fingerprint density at radius 2 is 2.14 bits per heavy atom. The van der Waals surface area contributed by atoms with Crippen LogP contribution in [0.15, 0.2) is 0 Å². The molecule has 0 aromatic rings. The minimum atomic E-state index is -0.537. The standard InChI is InChI=1S/C10H19N3O/c11-8(9(12)14)5-13-6-10(3-4-10)7-1-2-7/h7-8,13H,1-6,11H2,(H2,12,14). The molecule has 0 heterocycles. The Labute approximate surface area is 84.4 Å². The van der Waals surface area contributed by atoms with Crippen LogP contribution in [0.3, 0.4) is 0 Å². The van der Waals surface area contributed by atoms with Gasteiger partial charge in [0.25, 0.3) is 0 Å². The van der Waals surface area contributed by atoms with E-state index in [1.54, 1.807) is 0 Å². The van der Waals surface area contributed by atoms with Gasteiger partial charge in [-0.05, 0) is 37.0 Å². The van der Waals surface area contributed by atoms with E-state index < -0.39 is 11.9 Å². The molecule has 2 aliphatic rings. The van der Waals surface area contributed by atoms with Crippen LogP contribution in [0.5, 0.6) is 0 Å². The lowest BCUT2D eigenvalue weighted by Crippen LogP contribution is -2.45. The van der Waals surface area contributed by atoms with Crippen molar-refractivity contribution in [1.29, 1.82) is 0 Å². The molecule has 2 fully saturated rings. The van der Waals surface area contributed by atoms with E-state index in [1.807, 2.05) is 0 Å². The highest BCUT2D eigenvalue weighted by Crippen LogP contribution is 2.60. The van der Waals surface area contributed by atoms with Gasteiger partial charge in [0.1, 0.15) is 0 Å². The van der Waals surface area contributed by atoms with Crippen molar-refractivity contribution in [3.05, 3.63) is 0 Å². The zero-order valence-electron chi connectivity index (χ0n) is 8.46. The van der Waals surface area contributed by atoms with Gasteiger partial charge in [-0.2, -0.15) is 0 Å². The van der Waals surface area contributed by atoms with Crippen molar-refractivity contribution in [2.75, 3.05) is 13.1 Å². The summed E-state index contributed by atoms with van der Waals surface area (Å²) in [5, 5.41) is 3.26. The van der Waals surface area contributed by atoms with Crippen LogP contribution >= 0.6 is 0 Å². The normalized spacial score (nSPS) is 25.8. The van der Waals surface area contributed by atoms with Crippen molar-refractivity contribution in [1.82, 2.24) is 5.32 Å². The smallest absolute Gasteiger partial charge is 0.235 e. The van der Waals surface area contributed by atoms with Crippen molar-refractivity contribution in [3.8, 4) is 0 Å². The lowest BCUT2D eigenvalue weighted by atomic mass is 10.0. The minimum absolute atomic E-state index is 0.422. The van der Waals surface area contributed by atoms with Crippen LogP contribution in [-0.4, -0.2) is 25.0 Å². The van der Waals surface area contributed by atoms with Gasteiger partial charge in [-0.3, -0.25) is 4.79 Å². The maximum absolute atomic E-state index is 10.7. The molecule has 0 aromatic heterocycles. The summed E-state index contributed by atoms with van der Waals surface area (Å²) in [5.74, 6) is 0.522. The van der Waals surface area contributed by atoms with Crippen LogP contribution in [0.1, 0.15) is 25.7 Å². The second kappa shape index (κ2) is 3.51. The predicted octanol–water partition coefficient (Wildman–Crippen LogP) is -0.421. The van der Waals surface area contributed by atoms with Gasteiger partial charge in [0.15, 0.2) is 0 Å². The Hall–Kier alpha value is -0.610. The van der Waals surface area contributed by atoms with Crippen LogP contribution in [-0.2, 0) is 4.79 Å². The summed E-state index contributed by atoms with van der Waals surface area (Å²) in [5.41, 5.74) is 11.2. The fourth-order valence-electron chi connectivity index (χ4n) is 2.16. The van der Waals surface area contributed by atoms with Gasteiger partial charge in [-0.1, -0.05) is 0 Å². The minimum Gasteiger partial charge on any atom is -0.368 e. The first kappa shape index (κ1) is 9.93. The number of amides is 1. The number of hydrogen-bond acceptors (Lipinski definition) is 3. The summed E-state index contributed by atoms with van der Waals surface area (Å²) in [7, 11) is 0. The average molecular weight is 197 g/mol. The molecule has 80 valence electrons. The van der Waals surface area contributed by atoms with Crippen LogP contribution in [0, 0.1) is 11.3 Å². The third-order valence-electron chi connectivity index (χ3n) is 3.54. The Kier molecular flexibility index (Phi) is 2.49. The summed E-state index contributed by atoms with van der Waals surface area (Å²) in [6.45, 7) is 1.53. The van der Waals surface area contributed by atoms with E-state index in [4.69, 9.17) is 11.5 Å². The quantitative estimate of drug-likeness (QED) is 0.541. The Balaban J connectivity index is 1.65. The van der Waals surface area contributed by atoms with Gasteiger partial charge in [-0.15, -0.1) is 0 Å². The fraction of sp³-hybridized carbons (Fsp3) is 0.900. The molecule has 14 heavy (non-hydrogen) atoms.